The monoisotopic (exact) mass is 249 g/mol. The molecule has 0 aliphatic rings. The highest BCUT2D eigenvalue weighted by Gasteiger charge is 2.13. The van der Waals surface area contributed by atoms with Crippen molar-refractivity contribution in [1.82, 2.24) is 0 Å². The molecule has 0 fully saturated rings. The van der Waals surface area contributed by atoms with E-state index in [-0.39, 0.29) is 0 Å². The van der Waals surface area contributed by atoms with Crippen LogP contribution in [0.25, 0.3) is 0 Å². The Hall–Kier alpha value is -1.36. The van der Waals surface area contributed by atoms with E-state index in [1.807, 2.05) is 0 Å². The average Bonchev–Trinajstić information content (AvgIpc) is 2.29. The number of carbonyl (C=O) groups excluding carboxylic acids is 1. The molecule has 0 unspecified atom stereocenters. The molecule has 0 aromatic heterocycles. The smallest absolute Gasteiger partial charge is 0.412 e. The summed E-state index contributed by atoms with van der Waals surface area (Å²) < 4.78 is 28.5. The van der Waals surface area contributed by atoms with Crippen molar-refractivity contribution >= 4 is 23.4 Å². The van der Waals surface area contributed by atoms with E-state index in [1.165, 1.54) is 0 Å². The largest absolute Gasteiger partial charge is 0.440 e. The topological polar surface area (TPSA) is 38.3 Å². The molecule has 0 saturated heterocycles. The quantitative estimate of drug-likeness (QED) is 0.890. The minimum Gasteiger partial charge on any atom is -0.440 e. The number of amides is 1. The molecule has 0 aliphatic carbocycles. The summed E-state index contributed by atoms with van der Waals surface area (Å²) in [5.41, 5.74) is 0.436. The molecule has 1 rings (SSSR count). The first-order chi connectivity index (χ1) is 7.65. The summed E-state index contributed by atoms with van der Waals surface area (Å²) in [7, 11) is 0. The normalized spacial score (nSPS) is 10.2. The summed E-state index contributed by atoms with van der Waals surface area (Å²) >= 11 is 5.63. The number of nitrogens with one attached hydrogen (secondary N) is 1. The van der Waals surface area contributed by atoms with E-state index >= 15 is 0 Å². The molecule has 0 heterocycles. The van der Waals surface area contributed by atoms with Gasteiger partial charge >= 0.3 is 6.09 Å². The van der Waals surface area contributed by atoms with E-state index in [1.54, 1.807) is 24.3 Å². The van der Waals surface area contributed by atoms with Crippen LogP contribution < -0.4 is 5.32 Å². The number of hydrogen-bond acceptors (Lipinski definition) is 2. The Kier molecular flexibility index (Phi) is 4.98. The lowest BCUT2D eigenvalue weighted by atomic mass is 10.3. The van der Waals surface area contributed by atoms with Gasteiger partial charge in [0.2, 0.25) is 0 Å². The summed E-state index contributed by atoms with van der Waals surface area (Å²) in [5, 5.41) is 2.83. The Morgan fingerprint density at radius 2 is 1.88 bits per heavy atom. The molecular formula is C10H10ClF2NO2. The van der Waals surface area contributed by atoms with Gasteiger partial charge in [-0.3, -0.25) is 5.32 Å². The lowest BCUT2D eigenvalue weighted by Crippen LogP contribution is -2.25. The molecule has 1 aromatic carbocycles. The third-order valence-corrected chi connectivity index (χ3v) is 1.96. The predicted molar refractivity (Wildman–Crippen MR) is 57.3 cm³/mol. The van der Waals surface area contributed by atoms with Crippen molar-refractivity contribution in [3.63, 3.8) is 0 Å². The minimum absolute atomic E-state index is 0.436. The highest BCUT2D eigenvalue weighted by atomic mass is 35.5. The fourth-order valence-electron chi connectivity index (χ4n) is 0.936. The van der Waals surface area contributed by atoms with Crippen LogP contribution in [-0.4, -0.2) is 25.5 Å². The third kappa shape index (κ3) is 4.02. The molecule has 1 aromatic rings. The molecule has 0 aliphatic heterocycles. The van der Waals surface area contributed by atoms with Crippen molar-refractivity contribution in [2.75, 3.05) is 18.7 Å². The SMILES string of the molecule is O=C(Nc1ccc(Cl)cc1)OC(CF)CF. The Balaban J connectivity index is 2.48. The van der Waals surface area contributed by atoms with Gasteiger partial charge in [-0.1, -0.05) is 11.6 Å². The molecule has 6 heteroatoms. The number of alkyl halides is 2. The van der Waals surface area contributed by atoms with E-state index in [9.17, 15) is 13.6 Å². The second-order valence-corrected chi connectivity index (χ2v) is 3.40. The molecule has 1 amide bonds. The first-order valence-corrected chi connectivity index (χ1v) is 4.88. The second kappa shape index (κ2) is 6.27. The number of benzene rings is 1. The van der Waals surface area contributed by atoms with Crippen molar-refractivity contribution < 1.29 is 18.3 Å². The van der Waals surface area contributed by atoms with E-state index in [4.69, 9.17) is 11.6 Å². The van der Waals surface area contributed by atoms with Crippen LogP contribution in [0.2, 0.25) is 5.02 Å². The highest BCUT2D eigenvalue weighted by Crippen LogP contribution is 2.13. The number of carbonyl (C=O) groups is 1. The van der Waals surface area contributed by atoms with Gasteiger partial charge in [-0.25, -0.2) is 13.6 Å². The maximum absolute atomic E-state index is 12.0. The van der Waals surface area contributed by atoms with Crippen molar-refractivity contribution in [3.8, 4) is 0 Å². The molecule has 0 atom stereocenters. The van der Waals surface area contributed by atoms with Gasteiger partial charge in [0.15, 0.2) is 6.10 Å². The van der Waals surface area contributed by atoms with Crippen LogP contribution in [0, 0.1) is 0 Å². The minimum atomic E-state index is -1.35. The van der Waals surface area contributed by atoms with E-state index in [0.29, 0.717) is 10.7 Å². The zero-order valence-electron chi connectivity index (χ0n) is 8.25. The predicted octanol–water partition coefficient (Wildman–Crippen LogP) is 3.20. The van der Waals surface area contributed by atoms with Gasteiger partial charge in [0.1, 0.15) is 13.3 Å². The van der Waals surface area contributed by atoms with Crippen LogP contribution in [0.15, 0.2) is 24.3 Å². The Morgan fingerprint density at radius 1 is 1.31 bits per heavy atom. The van der Waals surface area contributed by atoms with E-state index in [2.05, 4.69) is 10.1 Å². The average molecular weight is 250 g/mol. The van der Waals surface area contributed by atoms with Crippen LogP contribution in [0.5, 0.6) is 0 Å². The van der Waals surface area contributed by atoms with Crippen molar-refractivity contribution in [2.24, 2.45) is 0 Å². The summed E-state index contributed by atoms with van der Waals surface area (Å²) in [6.07, 6.45) is -2.25. The maximum atomic E-state index is 12.0. The van der Waals surface area contributed by atoms with Gasteiger partial charge in [-0.05, 0) is 24.3 Å². The fraction of sp³-hybridized carbons (Fsp3) is 0.300. The standard InChI is InChI=1S/C10H10ClF2NO2/c11-7-1-3-8(4-2-7)14-10(15)16-9(5-12)6-13/h1-4,9H,5-6H2,(H,14,15). The second-order valence-electron chi connectivity index (χ2n) is 2.97. The van der Waals surface area contributed by atoms with Gasteiger partial charge < -0.3 is 4.74 Å². The van der Waals surface area contributed by atoms with Crippen molar-refractivity contribution in [3.05, 3.63) is 29.3 Å². The molecule has 3 nitrogen and oxygen atoms in total. The van der Waals surface area contributed by atoms with Crippen LogP contribution in [-0.2, 0) is 4.74 Å². The van der Waals surface area contributed by atoms with Crippen molar-refractivity contribution in [1.29, 1.82) is 0 Å². The highest BCUT2D eigenvalue weighted by molar-refractivity contribution is 6.30. The zero-order chi connectivity index (χ0) is 12.0. The molecule has 16 heavy (non-hydrogen) atoms. The summed E-state index contributed by atoms with van der Waals surface area (Å²) in [6, 6.07) is 6.23. The van der Waals surface area contributed by atoms with Crippen LogP contribution >= 0.6 is 11.6 Å². The van der Waals surface area contributed by atoms with Crippen LogP contribution in [0.1, 0.15) is 0 Å². The van der Waals surface area contributed by atoms with Gasteiger partial charge in [-0.15, -0.1) is 0 Å². The molecule has 0 bridgehead atoms. The number of ether oxygens (including phenoxy) is 1. The number of hydrogen-bond donors (Lipinski definition) is 1. The van der Waals surface area contributed by atoms with Crippen LogP contribution in [0.4, 0.5) is 19.3 Å². The summed E-state index contributed by atoms with van der Waals surface area (Å²) in [6.45, 7) is -2.10. The Labute approximate surface area is 96.4 Å². The lowest BCUT2D eigenvalue weighted by Gasteiger charge is -2.11. The van der Waals surface area contributed by atoms with Crippen LogP contribution in [0.3, 0.4) is 0 Å². The zero-order valence-corrected chi connectivity index (χ0v) is 9.01. The fourth-order valence-corrected chi connectivity index (χ4v) is 1.06. The van der Waals surface area contributed by atoms with E-state index in [0.717, 1.165) is 0 Å². The summed E-state index contributed by atoms with van der Waals surface area (Å²) in [5.74, 6) is 0. The lowest BCUT2D eigenvalue weighted by molar-refractivity contribution is 0.0757. The summed E-state index contributed by atoms with van der Waals surface area (Å²) in [4.78, 5) is 11.1. The first-order valence-electron chi connectivity index (χ1n) is 4.51. The Bertz CT molecular complexity index is 341. The molecule has 88 valence electrons. The van der Waals surface area contributed by atoms with Gasteiger partial charge in [0, 0.05) is 10.7 Å². The molecule has 1 N–H and O–H groups in total. The Morgan fingerprint density at radius 3 is 2.38 bits per heavy atom. The third-order valence-electron chi connectivity index (χ3n) is 1.71. The molecule has 0 radical (unpaired) electrons. The molecular weight excluding hydrogens is 240 g/mol. The number of halogens is 3. The van der Waals surface area contributed by atoms with Gasteiger partial charge in [0.25, 0.3) is 0 Å². The van der Waals surface area contributed by atoms with Gasteiger partial charge in [0.05, 0.1) is 0 Å². The number of rotatable bonds is 4. The van der Waals surface area contributed by atoms with E-state index < -0.39 is 25.5 Å². The molecule has 0 saturated carbocycles. The van der Waals surface area contributed by atoms with Crippen molar-refractivity contribution in [2.45, 2.75) is 6.10 Å². The maximum Gasteiger partial charge on any atom is 0.412 e. The molecule has 0 spiro atoms. The van der Waals surface area contributed by atoms with Gasteiger partial charge in [-0.2, -0.15) is 0 Å². The number of anilines is 1. The first kappa shape index (κ1) is 12.7.